The second-order valence-electron chi connectivity index (χ2n) is 19.5. The molecule has 4 amide bonds. The first-order chi connectivity index (χ1) is 37.0. The summed E-state index contributed by atoms with van der Waals surface area (Å²) < 4.78 is 37.7. The Kier molecular flexibility index (Phi) is 18.3. The average Bonchev–Trinajstić information content (AvgIpc) is 4.07. The molecule has 21 heteroatoms. The molecule has 77 heavy (non-hydrogen) atoms. The van der Waals surface area contributed by atoms with Crippen LogP contribution in [0.3, 0.4) is 0 Å². The number of aliphatic hydroxyl groups excluding tert-OH is 1. The van der Waals surface area contributed by atoms with E-state index >= 15 is 4.39 Å². The first-order valence-corrected chi connectivity index (χ1v) is 26.3. The van der Waals surface area contributed by atoms with Gasteiger partial charge in [0.2, 0.25) is 23.7 Å². The van der Waals surface area contributed by atoms with Crippen molar-refractivity contribution < 1.29 is 47.6 Å². The highest BCUT2D eigenvalue weighted by Gasteiger charge is 2.44. The van der Waals surface area contributed by atoms with Crippen molar-refractivity contribution in [2.24, 2.45) is 10.4 Å². The summed E-state index contributed by atoms with van der Waals surface area (Å²) in [6, 6.07) is 20.8. The lowest BCUT2D eigenvalue weighted by atomic mass is 9.85. The number of carbonyl (C=O) groups excluding carboxylic acids is 4. The highest BCUT2D eigenvalue weighted by atomic mass is 35.5. The number of halogens is 2. The van der Waals surface area contributed by atoms with Crippen molar-refractivity contribution in [2.75, 3.05) is 59.1 Å². The van der Waals surface area contributed by atoms with Gasteiger partial charge in [0.15, 0.2) is 0 Å². The number of carbonyl (C=O) groups is 4. The summed E-state index contributed by atoms with van der Waals surface area (Å²) in [4.78, 5) is 74.8. The smallest absolute Gasteiger partial charge is 0.255 e. The van der Waals surface area contributed by atoms with E-state index in [2.05, 4.69) is 31.2 Å². The standard InChI is InChI=1S/C56H61ClFN9O9S/c1-32-50(77-31-63-32)34-12-10-33(11-13-34)27-61-53(71)43-26-38(68)30-67(43)54(72)51(56(2,3)4)65-46(69)18-20-75-22-23-76-21-19-59-52(70)40-17-15-37(25-45(40)74-6)64-55-62-29-35-28-60-49(47-42(58)8-7-9-44(47)73-5)41-24-36(57)14-16-39(41)48(35)66-55/h7-17,24-25,29,31,38,43,51,68H,18-23,26-28,30H2,1-6H3,(H,59,70)(H,61,71)(H,65,69)(H,62,64,66)/t38-,43+,51-/m1/s1. The number of aryl methyl sites for hydroxylation is 1. The molecule has 4 aromatic carbocycles. The van der Waals surface area contributed by atoms with Crippen molar-refractivity contribution in [3.05, 3.63) is 135 Å². The van der Waals surface area contributed by atoms with Gasteiger partial charge in [0, 0.05) is 72.1 Å². The second kappa shape index (κ2) is 25.2. The molecule has 0 aliphatic carbocycles. The number of hydrogen-bond donors (Lipinski definition) is 5. The second-order valence-corrected chi connectivity index (χ2v) is 20.7. The van der Waals surface area contributed by atoms with E-state index in [-0.39, 0.29) is 94.3 Å². The zero-order chi connectivity index (χ0) is 54.8. The van der Waals surface area contributed by atoms with E-state index in [9.17, 15) is 24.3 Å². The Hall–Kier alpha value is -7.36. The number of aromatic nitrogens is 3. The number of β-amino-alcohol motifs (C(OH)–C–C–N with tert-alkyl or cyclic N) is 1. The number of aliphatic hydroxyl groups is 1. The fraction of sp³-hybridized carbons (Fsp3) is 0.357. The Balaban J connectivity index is 0.760. The topological polar surface area (TPSA) is 228 Å². The van der Waals surface area contributed by atoms with E-state index in [4.69, 9.17) is 40.5 Å². The number of hydrogen-bond acceptors (Lipinski definition) is 15. The number of methoxy groups -OCH3 is 2. The zero-order valence-corrected chi connectivity index (χ0v) is 45.1. The summed E-state index contributed by atoms with van der Waals surface area (Å²) in [5, 5.41) is 22.8. The van der Waals surface area contributed by atoms with Crippen LogP contribution < -0.4 is 30.7 Å². The summed E-state index contributed by atoms with van der Waals surface area (Å²) in [5.41, 5.74) is 7.94. The molecular weight excluding hydrogens is 1030 g/mol. The summed E-state index contributed by atoms with van der Waals surface area (Å²) in [5.74, 6) is -1.24. The van der Waals surface area contributed by atoms with Gasteiger partial charge in [-0.1, -0.05) is 68.8 Å². The lowest BCUT2D eigenvalue weighted by Gasteiger charge is -2.35. The van der Waals surface area contributed by atoms with Gasteiger partial charge < -0.3 is 50.2 Å². The number of likely N-dealkylation sites (tertiary alicyclic amines) is 1. The molecule has 0 bridgehead atoms. The minimum Gasteiger partial charge on any atom is -0.496 e. The maximum absolute atomic E-state index is 15.4. The van der Waals surface area contributed by atoms with Gasteiger partial charge in [-0.05, 0) is 59.9 Å². The molecule has 5 N–H and O–H groups in total. The molecule has 404 valence electrons. The third kappa shape index (κ3) is 13.6. The molecule has 8 rings (SSSR count). The Bertz CT molecular complexity index is 3150. The minimum atomic E-state index is -0.973. The van der Waals surface area contributed by atoms with Crippen LogP contribution in [0.2, 0.25) is 5.02 Å². The van der Waals surface area contributed by atoms with Crippen molar-refractivity contribution in [1.29, 1.82) is 0 Å². The summed E-state index contributed by atoms with van der Waals surface area (Å²) in [6.07, 6.45) is 0.814. The van der Waals surface area contributed by atoms with Crippen molar-refractivity contribution in [3.8, 4) is 33.2 Å². The Morgan fingerprint density at radius 3 is 2.40 bits per heavy atom. The maximum Gasteiger partial charge on any atom is 0.255 e. The van der Waals surface area contributed by atoms with E-state index in [1.54, 1.807) is 65.5 Å². The average molecular weight is 1090 g/mol. The van der Waals surface area contributed by atoms with E-state index in [0.717, 1.165) is 21.7 Å². The van der Waals surface area contributed by atoms with Gasteiger partial charge in [-0.15, -0.1) is 11.3 Å². The van der Waals surface area contributed by atoms with Crippen LogP contribution in [0.15, 0.2) is 95.6 Å². The molecule has 3 atom stereocenters. The van der Waals surface area contributed by atoms with Gasteiger partial charge >= 0.3 is 0 Å². The molecule has 2 aliphatic rings. The molecule has 0 spiro atoms. The first-order valence-electron chi connectivity index (χ1n) is 25.0. The fourth-order valence-corrected chi connectivity index (χ4v) is 10.0. The summed E-state index contributed by atoms with van der Waals surface area (Å²) in [6.45, 7) is 8.61. The number of nitrogens with zero attached hydrogens (tertiary/aromatic N) is 5. The molecule has 2 aliphatic heterocycles. The van der Waals surface area contributed by atoms with Crippen molar-refractivity contribution in [3.63, 3.8) is 0 Å². The van der Waals surface area contributed by atoms with Gasteiger partial charge in [0.1, 0.15) is 29.4 Å². The Morgan fingerprint density at radius 2 is 1.68 bits per heavy atom. The van der Waals surface area contributed by atoms with Gasteiger partial charge in [-0.2, -0.15) is 0 Å². The largest absolute Gasteiger partial charge is 0.496 e. The minimum absolute atomic E-state index is 0.0322. The van der Waals surface area contributed by atoms with Crippen LogP contribution >= 0.6 is 22.9 Å². The van der Waals surface area contributed by atoms with Crippen molar-refractivity contribution >= 4 is 63.9 Å². The normalized spacial score (nSPS) is 15.3. The molecule has 1 fully saturated rings. The number of fused-ring (bicyclic) bond motifs is 3. The molecular formula is C56H61ClFN9O9S. The molecule has 1 saturated heterocycles. The number of nitrogens with one attached hydrogen (secondary N) is 4. The predicted molar refractivity (Wildman–Crippen MR) is 291 cm³/mol. The molecule has 4 heterocycles. The molecule has 6 aromatic rings. The Labute approximate surface area is 454 Å². The third-order valence-electron chi connectivity index (χ3n) is 13.0. The first kappa shape index (κ1) is 55.9. The predicted octanol–water partition coefficient (Wildman–Crippen LogP) is 7.44. The molecule has 0 radical (unpaired) electrons. The quantitative estimate of drug-likeness (QED) is 0.0442. The molecule has 18 nitrogen and oxygen atoms in total. The third-order valence-corrected chi connectivity index (χ3v) is 14.2. The van der Waals surface area contributed by atoms with Gasteiger partial charge in [-0.25, -0.2) is 19.3 Å². The number of amides is 4. The van der Waals surface area contributed by atoms with E-state index in [1.807, 2.05) is 58.0 Å². The molecule has 0 saturated carbocycles. The summed E-state index contributed by atoms with van der Waals surface area (Å²) >= 11 is 8.03. The van der Waals surface area contributed by atoms with Crippen LogP contribution in [0, 0.1) is 18.2 Å². The zero-order valence-electron chi connectivity index (χ0n) is 43.6. The lowest BCUT2D eigenvalue weighted by Crippen LogP contribution is -2.57. The number of thiazole rings is 1. The molecule has 0 unspecified atom stereocenters. The number of benzene rings is 4. The van der Waals surface area contributed by atoms with Gasteiger partial charge in [0.05, 0.1) is 91.9 Å². The van der Waals surface area contributed by atoms with E-state index < -0.39 is 41.2 Å². The van der Waals surface area contributed by atoms with E-state index in [0.29, 0.717) is 50.3 Å². The lowest BCUT2D eigenvalue weighted by molar-refractivity contribution is -0.144. The Morgan fingerprint density at radius 1 is 0.909 bits per heavy atom. The monoisotopic (exact) mass is 1090 g/mol. The van der Waals surface area contributed by atoms with Crippen LogP contribution in [0.25, 0.3) is 21.7 Å². The van der Waals surface area contributed by atoms with Crippen LogP contribution in [0.1, 0.15) is 71.9 Å². The SMILES string of the molecule is COc1cc(Nc2ncc3c(n2)-c2ccc(Cl)cc2C(c2c(F)cccc2OC)=NC3)ccc1C(=O)NCCOCCOCCC(=O)N[C@H](C(=O)N1C[C@H](O)C[C@H]1C(=O)NCc1ccc(-c2scnc2C)cc1)C(C)(C)C. The fourth-order valence-electron chi connectivity index (χ4n) is 9.02. The number of aliphatic imine (C=N–C) groups is 1. The van der Waals surface area contributed by atoms with Crippen LogP contribution in [0.5, 0.6) is 11.5 Å². The van der Waals surface area contributed by atoms with Crippen molar-refractivity contribution in [1.82, 2.24) is 35.8 Å². The van der Waals surface area contributed by atoms with Crippen molar-refractivity contribution in [2.45, 2.75) is 71.8 Å². The van der Waals surface area contributed by atoms with Crippen LogP contribution in [0.4, 0.5) is 16.0 Å². The van der Waals surface area contributed by atoms with Gasteiger partial charge in [0.25, 0.3) is 5.91 Å². The number of rotatable bonds is 21. The highest BCUT2D eigenvalue weighted by molar-refractivity contribution is 7.13. The van der Waals surface area contributed by atoms with Gasteiger partial charge in [-0.3, -0.25) is 24.2 Å². The number of ether oxygens (including phenoxy) is 4. The molecule has 2 aromatic heterocycles. The van der Waals surface area contributed by atoms with Crippen LogP contribution in [-0.4, -0.2) is 126 Å². The van der Waals surface area contributed by atoms with Crippen LogP contribution in [-0.2, 0) is 36.9 Å². The van der Waals surface area contributed by atoms with E-state index in [1.165, 1.54) is 25.2 Å². The highest BCUT2D eigenvalue weighted by Crippen LogP contribution is 2.37. The maximum atomic E-state index is 15.4. The number of anilines is 2. The summed E-state index contributed by atoms with van der Waals surface area (Å²) in [7, 11) is 2.93.